The van der Waals surface area contributed by atoms with Crippen LogP contribution in [0.25, 0.3) is 0 Å². The highest BCUT2D eigenvalue weighted by Crippen LogP contribution is 2.19. The standard InChI is InChI=1S/C18H16N6O4S/c1-23-11-19-22-18(23)29-10-16(25)20-13-5-2-4-12(8-13)17(26)21-14-6-3-7-15(9-14)24(27)28/h2-9,11H,10H2,1H3,(H,20,25)(H,21,26). The molecule has 2 aromatic carbocycles. The number of anilines is 2. The Morgan fingerprint density at radius 3 is 2.55 bits per heavy atom. The number of carbonyl (C=O) groups is 2. The van der Waals surface area contributed by atoms with Crippen molar-refractivity contribution in [3.63, 3.8) is 0 Å². The van der Waals surface area contributed by atoms with Crippen molar-refractivity contribution in [1.82, 2.24) is 14.8 Å². The molecule has 3 aromatic rings. The van der Waals surface area contributed by atoms with E-state index in [0.29, 0.717) is 22.1 Å². The van der Waals surface area contributed by atoms with Gasteiger partial charge in [-0.25, -0.2) is 0 Å². The van der Waals surface area contributed by atoms with Crippen LogP contribution in [0.2, 0.25) is 0 Å². The van der Waals surface area contributed by atoms with E-state index in [1.807, 2.05) is 0 Å². The number of nitro benzene ring substituents is 1. The molecular weight excluding hydrogens is 396 g/mol. The molecule has 11 heteroatoms. The van der Waals surface area contributed by atoms with Crippen molar-refractivity contribution in [2.45, 2.75) is 5.16 Å². The number of aromatic nitrogens is 3. The van der Waals surface area contributed by atoms with Crippen LogP contribution in [0.4, 0.5) is 17.1 Å². The van der Waals surface area contributed by atoms with Crippen LogP contribution >= 0.6 is 11.8 Å². The molecule has 0 aliphatic rings. The van der Waals surface area contributed by atoms with E-state index in [0.717, 1.165) is 0 Å². The molecule has 1 aromatic heterocycles. The van der Waals surface area contributed by atoms with Gasteiger partial charge in [0.2, 0.25) is 5.91 Å². The maximum Gasteiger partial charge on any atom is 0.271 e. The first kappa shape index (κ1) is 20.0. The van der Waals surface area contributed by atoms with E-state index in [2.05, 4.69) is 20.8 Å². The van der Waals surface area contributed by atoms with E-state index >= 15 is 0 Å². The lowest BCUT2D eigenvalue weighted by molar-refractivity contribution is -0.384. The van der Waals surface area contributed by atoms with Gasteiger partial charge in [0.1, 0.15) is 6.33 Å². The third-order valence-electron chi connectivity index (χ3n) is 3.73. The van der Waals surface area contributed by atoms with Gasteiger partial charge in [-0.2, -0.15) is 0 Å². The maximum absolute atomic E-state index is 12.4. The highest BCUT2D eigenvalue weighted by molar-refractivity contribution is 7.99. The molecule has 0 atom stereocenters. The summed E-state index contributed by atoms with van der Waals surface area (Å²) in [5.41, 5.74) is 0.943. The number of hydrogen-bond donors (Lipinski definition) is 2. The Kier molecular flexibility index (Phi) is 6.19. The summed E-state index contributed by atoms with van der Waals surface area (Å²) in [6.45, 7) is 0. The Labute approximate surface area is 169 Å². The largest absolute Gasteiger partial charge is 0.325 e. The molecule has 10 nitrogen and oxygen atoms in total. The average molecular weight is 412 g/mol. The maximum atomic E-state index is 12.4. The molecule has 29 heavy (non-hydrogen) atoms. The minimum absolute atomic E-state index is 0.121. The topological polar surface area (TPSA) is 132 Å². The predicted octanol–water partition coefficient (Wildman–Crippen LogP) is 2.71. The summed E-state index contributed by atoms with van der Waals surface area (Å²) in [6, 6.07) is 12.1. The Morgan fingerprint density at radius 1 is 1.14 bits per heavy atom. The van der Waals surface area contributed by atoms with E-state index < -0.39 is 10.8 Å². The van der Waals surface area contributed by atoms with Gasteiger partial charge in [0.25, 0.3) is 11.6 Å². The van der Waals surface area contributed by atoms with E-state index in [9.17, 15) is 19.7 Å². The van der Waals surface area contributed by atoms with Gasteiger partial charge in [-0.1, -0.05) is 23.9 Å². The number of amides is 2. The molecule has 0 aliphatic heterocycles. The number of nitrogens with one attached hydrogen (secondary N) is 2. The summed E-state index contributed by atoms with van der Waals surface area (Å²) < 4.78 is 1.71. The van der Waals surface area contributed by atoms with Crippen molar-refractivity contribution in [2.75, 3.05) is 16.4 Å². The highest BCUT2D eigenvalue weighted by atomic mass is 32.2. The van der Waals surface area contributed by atoms with Crippen molar-refractivity contribution in [3.8, 4) is 0 Å². The fourth-order valence-electron chi connectivity index (χ4n) is 2.37. The molecule has 0 saturated carbocycles. The van der Waals surface area contributed by atoms with Crippen LogP contribution in [0.3, 0.4) is 0 Å². The van der Waals surface area contributed by atoms with E-state index in [-0.39, 0.29) is 17.3 Å². The van der Waals surface area contributed by atoms with Gasteiger partial charge in [0.05, 0.1) is 10.7 Å². The summed E-state index contributed by atoms with van der Waals surface area (Å²) in [4.78, 5) is 34.9. The van der Waals surface area contributed by atoms with E-state index in [1.165, 1.54) is 36.0 Å². The number of rotatable bonds is 7. The van der Waals surface area contributed by atoms with Crippen LogP contribution in [0, 0.1) is 10.1 Å². The minimum atomic E-state index is -0.537. The van der Waals surface area contributed by atoms with Crippen LogP contribution < -0.4 is 10.6 Å². The third kappa shape index (κ3) is 5.39. The van der Waals surface area contributed by atoms with Gasteiger partial charge in [0, 0.05) is 36.1 Å². The first-order chi connectivity index (χ1) is 13.9. The first-order valence-corrected chi connectivity index (χ1v) is 9.33. The molecule has 1 heterocycles. The molecule has 2 amide bonds. The predicted molar refractivity (Wildman–Crippen MR) is 108 cm³/mol. The summed E-state index contributed by atoms with van der Waals surface area (Å²) in [7, 11) is 1.78. The molecular formula is C18H16N6O4S. The monoisotopic (exact) mass is 412 g/mol. The molecule has 2 N–H and O–H groups in total. The molecule has 0 fully saturated rings. The zero-order valence-electron chi connectivity index (χ0n) is 15.2. The Balaban J connectivity index is 1.62. The molecule has 0 saturated heterocycles. The second-order valence-electron chi connectivity index (χ2n) is 5.90. The van der Waals surface area contributed by atoms with Crippen LogP contribution in [0.1, 0.15) is 10.4 Å². The zero-order valence-corrected chi connectivity index (χ0v) is 16.0. The summed E-state index contributed by atoms with van der Waals surface area (Å²) in [5, 5.41) is 24.4. The molecule has 0 unspecified atom stereocenters. The number of aryl methyl sites for hydroxylation is 1. The minimum Gasteiger partial charge on any atom is -0.325 e. The summed E-state index contributed by atoms with van der Waals surface area (Å²) in [6.07, 6.45) is 1.55. The van der Waals surface area contributed by atoms with Crippen molar-refractivity contribution < 1.29 is 14.5 Å². The molecule has 3 rings (SSSR count). The number of benzene rings is 2. The molecule has 0 aliphatic carbocycles. The second kappa shape index (κ2) is 8.97. The summed E-state index contributed by atoms with van der Waals surface area (Å²) in [5.74, 6) is -0.569. The van der Waals surface area contributed by atoms with Crippen LogP contribution in [0.15, 0.2) is 60.0 Å². The SMILES string of the molecule is Cn1cnnc1SCC(=O)Nc1cccc(C(=O)Nc2cccc([N+](=O)[O-])c2)c1. The quantitative estimate of drug-likeness (QED) is 0.346. The Hall–Kier alpha value is -3.73. The number of nitro groups is 1. The number of carbonyl (C=O) groups excluding carboxylic acids is 2. The van der Waals surface area contributed by atoms with Crippen LogP contribution in [-0.4, -0.2) is 37.3 Å². The Morgan fingerprint density at radius 2 is 1.86 bits per heavy atom. The summed E-state index contributed by atoms with van der Waals surface area (Å²) >= 11 is 1.24. The van der Waals surface area contributed by atoms with Gasteiger partial charge in [-0.15, -0.1) is 10.2 Å². The number of thioether (sulfide) groups is 1. The lowest BCUT2D eigenvalue weighted by Crippen LogP contribution is -2.16. The molecule has 148 valence electrons. The van der Waals surface area contributed by atoms with Crippen LogP contribution in [-0.2, 0) is 11.8 Å². The van der Waals surface area contributed by atoms with Gasteiger partial charge < -0.3 is 15.2 Å². The lowest BCUT2D eigenvalue weighted by Gasteiger charge is -2.08. The fraction of sp³-hybridized carbons (Fsp3) is 0.111. The van der Waals surface area contributed by atoms with Crippen LogP contribution in [0.5, 0.6) is 0 Å². The zero-order chi connectivity index (χ0) is 20.8. The Bertz CT molecular complexity index is 1070. The first-order valence-electron chi connectivity index (χ1n) is 8.35. The van der Waals surface area contributed by atoms with E-state index in [1.54, 1.807) is 42.2 Å². The number of hydrogen-bond acceptors (Lipinski definition) is 7. The number of nitrogens with zero attached hydrogens (tertiary/aromatic N) is 4. The molecule has 0 radical (unpaired) electrons. The van der Waals surface area contributed by atoms with Crippen molar-refractivity contribution in [3.05, 3.63) is 70.5 Å². The van der Waals surface area contributed by atoms with Crippen molar-refractivity contribution >= 4 is 40.6 Å². The van der Waals surface area contributed by atoms with Crippen molar-refractivity contribution in [1.29, 1.82) is 0 Å². The normalized spacial score (nSPS) is 10.4. The number of non-ortho nitro benzene ring substituents is 1. The lowest BCUT2D eigenvalue weighted by atomic mass is 10.1. The van der Waals surface area contributed by atoms with Crippen molar-refractivity contribution in [2.24, 2.45) is 7.05 Å². The van der Waals surface area contributed by atoms with Gasteiger partial charge in [-0.3, -0.25) is 19.7 Å². The third-order valence-corrected chi connectivity index (χ3v) is 4.76. The fourth-order valence-corrected chi connectivity index (χ4v) is 3.06. The van der Waals surface area contributed by atoms with Gasteiger partial charge in [-0.05, 0) is 24.3 Å². The van der Waals surface area contributed by atoms with Gasteiger partial charge in [0.15, 0.2) is 5.16 Å². The molecule has 0 bridgehead atoms. The smallest absolute Gasteiger partial charge is 0.271 e. The highest BCUT2D eigenvalue weighted by Gasteiger charge is 2.12. The van der Waals surface area contributed by atoms with E-state index in [4.69, 9.17) is 0 Å². The average Bonchev–Trinajstić information content (AvgIpc) is 3.11. The second-order valence-corrected chi connectivity index (χ2v) is 6.85. The molecule has 0 spiro atoms. The van der Waals surface area contributed by atoms with Gasteiger partial charge >= 0.3 is 0 Å².